The smallest absolute Gasteiger partial charge is 0.328 e. The molecule has 0 fully saturated rings. The van der Waals surface area contributed by atoms with Crippen molar-refractivity contribution in [3.05, 3.63) is 64.7 Å². The first-order valence-electron chi connectivity index (χ1n) is 7.02. The molecule has 0 amide bonds. The molecule has 3 rings (SSSR count). The summed E-state index contributed by atoms with van der Waals surface area (Å²) >= 11 is 5.85. The molecule has 0 spiro atoms. The summed E-state index contributed by atoms with van der Waals surface area (Å²) in [5, 5.41) is 0.556. The van der Waals surface area contributed by atoms with Crippen molar-refractivity contribution in [3.8, 4) is 0 Å². The van der Waals surface area contributed by atoms with Gasteiger partial charge < -0.3 is 4.74 Å². The van der Waals surface area contributed by atoms with E-state index in [-0.39, 0.29) is 23.9 Å². The first-order valence-corrected chi connectivity index (χ1v) is 8.88. The largest absolute Gasteiger partial charge is 0.459 e. The number of halogens is 1. The number of fused-ring (bicyclic) bond motifs is 1. The van der Waals surface area contributed by atoms with Crippen LogP contribution in [0.25, 0.3) is 0 Å². The highest BCUT2D eigenvalue weighted by Gasteiger charge is 2.30. The molecule has 2 aromatic rings. The van der Waals surface area contributed by atoms with Crippen LogP contribution < -0.4 is 4.72 Å². The van der Waals surface area contributed by atoms with Crippen molar-refractivity contribution < 1.29 is 17.9 Å². The Hall–Kier alpha value is -2.38. The Bertz CT molecular complexity index is 925. The molecule has 8 heteroatoms. The van der Waals surface area contributed by atoms with E-state index in [1.165, 1.54) is 6.07 Å². The van der Waals surface area contributed by atoms with Gasteiger partial charge in [0.25, 0.3) is 10.0 Å². The number of carbonyl (C=O) groups excluding carboxylic acids is 1. The standard InChI is InChI=1S/C16H13ClN2O4S/c17-12-5-3-4-11(8-12)10-23-15(20)9-18-16-13-6-1-2-7-14(13)24(21,22)19-16/h1-8H,9-10H2,(H,18,19). The van der Waals surface area contributed by atoms with Crippen LogP contribution in [0.3, 0.4) is 0 Å². The third kappa shape index (κ3) is 3.58. The van der Waals surface area contributed by atoms with Crippen LogP contribution in [-0.2, 0) is 26.2 Å². The van der Waals surface area contributed by atoms with Crippen LogP contribution in [0.5, 0.6) is 0 Å². The zero-order chi connectivity index (χ0) is 17.2. The Labute approximate surface area is 144 Å². The molecule has 1 heterocycles. The number of esters is 1. The number of hydrogen-bond acceptors (Lipinski definition) is 5. The Balaban J connectivity index is 1.65. The zero-order valence-corrected chi connectivity index (χ0v) is 14.0. The van der Waals surface area contributed by atoms with Gasteiger partial charge in [-0.05, 0) is 29.8 Å². The van der Waals surface area contributed by atoms with Gasteiger partial charge in [-0.2, -0.15) is 0 Å². The minimum absolute atomic E-state index is 0.0760. The average molecular weight is 365 g/mol. The van der Waals surface area contributed by atoms with E-state index in [4.69, 9.17) is 16.3 Å². The fourth-order valence-electron chi connectivity index (χ4n) is 2.23. The number of benzene rings is 2. The van der Waals surface area contributed by atoms with Gasteiger partial charge in [-0.25, -0.2) is 8.42 Å². The Kier molecular flexibility index (Phi) is 4.55. The van der Waals surface area contributed by atoms with Crippen LogP contribution in [0.4, 0.5) is 0 Å². The molecule has 6 nitrogen and oxygen atoms in total. The Morgan fingerprint density at radius 3 is 2.75 bits per heavy atom. The number of nitrogens with one attached hydrogen (secondary N) is 1. The second-order valence-corrected chi connectivity index (χ2v) is 7.14. The number of aliphatic imine (C=N–C) groups is 1. The van der Waals surface area contributed by atoms with Crippen LogP contribution in [0.2, 0.25) is 5.02 Å². The molecule has 0 aromatic heterocycles. The summed E-state index contributed by atoms with van der Waals surface area (Å²) in [5.41, 5.74) is 1.20. The maximum Gasteiger partial charge on any atom is 0.328 e. The normalized spacial score (nSPS) is 16.5. The molecule has 0 aliphatic carbocycles. The Morgan fingerprint density at radius 1 is 1.17 bits per heavy atom. The summed E-state index contributed by atoms with van der Waals surface area (Å²) in [6.45, 7) is -0.209. The third-order valence-electron chi connectivity index (χ3n) is 3.32. The van der Waals surface area contributed by atoms with Crippen molar-refractivity contribution in [2.24, 2.45) is 4.99 Å². The van der Waals surface area contributed by atoms with E-state index >= 15 is 0 Å². The first kappa shape index (κ1) is 16.5. The monoisotopic (exact) mass is 364 g/mol. The molecule has 24 heavy (non-hydrogen) atoms. The highest BCUT2D eigenvalue weighted by atomic mass is 35.5. The summed E-state index contributed by atoms with van der Waals surface area (Å²) in [5.74, 6) is -0.420. The molecule has 0 saturated heterocycles. The summed E-state index contributed by atoms with van der Waals surface area (Å²) in [6, 6.07) is 13.4. The lowest BCUT2D eigenvalue weighted by Crippen LogP contribution is -2.23. The highest BCUT2D eigenvalue weighted by Crippen LogP contribution is 2.22. The molecule has 1 aliphatic heterocycles. The van der Waals surface area contributed by atoms with Crippen molar-refractivity contribution in [2.45, 2.75) is 11.5 Å². The highest BCUT2D eigenvalue weighted by molar-refractivity contribution is 7.90. The lowest BCUT2D eigenvalue weighted by Gasteiger charge is -2.04. The van der Waals surface area contributed by atoms with Crippen LogP contribution in [-0.4, -0.2) is 26.8 Å². The van der Waals surface area contributed by atoms with Gasteiger partial charge in [-0.1, -0.05) is 35.9 Å². The molecule has 1 aliphatic rings. The average Bonchev–Trinajstić information content (AvgIpc) is 2.82. The maximum absolute atomic E-state index is 11.9. The minimum Gasteiger partial charge on any atom is -0.459 e. The molecule has 0 atom stereocenters. The minimum atomic E-state index is -3.61. The topological polar surface area (TPSA) is 84.8 Å². The Morgan fingerprint density at radius 2 is 1.96 bits per heavy atom. The lowest BCUT2D eigenvalue weighted by atomic mass is 10.2. The number of amidine groups is 1. The van der Waals surface area contributed by atoms with Gasteiger partial charge in [0.05, 0.1) is 4.90 Å². The summed E-state index contributed by atoms with van der Waals surface area (Å²) in [6.07, 6.45) is 0. The van der Waals surface area contributed by atoms with Gasteiger partial charge in [-0.15, -0.1) is 0 Å². The lowest BCUT2D eigenvalue weighted by molar-refractivity contribution is -0.143. The molecular weight excluding hydrogens is 352 g/mol. The van der Waals surface area contributed by atoms with Crippen molar-refractivity contribution >= 4 is 33.4 Å². The number of ether oxygens (including phenoxy) is 1. The fourth-order valence-corrected chi connectivity index (χ4v) is 3.69. The zero-order valence-electron chi connectivity index (χ0n) is 12.4. The van der Waals surface area contributed by atoms with E-state index in [2.05, 4.69) is 9.71 Å². The van der Waals surface area contributed by atoms with Crippen LogP contribution in [0.15, 0.2) is 58.4 Å². The van der Waals surface area contributed by atoms with E-state index in [0.717, 1.165) is 5.56 Å². The van der Waals surface area contributed by atoms with Crippen molar-refractivity contribution in [1.82, 2.24) is 4.72 Å². The number of carbonyl (C=O) groups is 1. The van der Waals surface area contributed by atoms with E-state index < -0.39 is 16.0 Å². The van der Waals surface area contributed by atoms with E-state index in [9.17, 15) is 13.2 Å². The summed E-state index contributed by atoms with van der Waals surface area (Å²) < 4.78 is 31.3. The van der Waals surface area contributed by atoms with E-state index in [0.29, 0.717) is 10.6 Å². The summed E-state index contributed by atoms with van der Waals surface area (Å²) in [7, 11) is -3.61. The van der Waals surface area contributed by atoms with Crippen molar-refractivity contribution in [1.29, 1.82) is 0 Å². The number of hydrogen-bond donors (Lipinski definition) is 1. The molecule has 0 bridgehead atoms. The first-order chi connectivity index (χ1) is 11.5. The molecule has 0 saturated carbocycles. The van der Waals surface area contributed by atoms with Crippen LogP contribution in [0, 0.1) is 0 Å². The van der Waals surface area contributed by atoms with Crippen LogP contribution in [0.1, 0.15) is 11.1 Å². The van der Waals surface area contributed by atoms with Gasteiger partial charge in [0, 0.05) is 10.6 Å². The molecule has 0 radical (unpaired) electrons. The number of sulfonamides is 1. The van der Waals surface area contributed by atoms with Gasteiger partial charge in [0.15, 0.2) is 0 Å². The van der Waals surface area contributed by atoms with Gasteiger partial charge >= 0.3 is 5.97 Å². The molecule has 2 aromatic carbocycles. The predicted molar refractivity (Wildman–Crippen MR) is 89.4 cm³/mol. The van der Waals surface area contributed by atoms with Crippen molar-refractivity contribution in [2.75, 3.05) is 6.54 Å². The second-order valence-electron chi connectivity index (χ2n) is 5.06. The van der Waals surface area contributed by atoms with E-state index in [1.54, 1.807) is 42.5 Å². The molecular formula is C16H13ClN2O4S. The predicted octanol–water partition coefficient (Wildman–Crippen LogP) is 2.12. The fraction of sp³-hybridized carbons (Fsp3) is 0.125. The molecule has 124 valence electrons. The SMILES string of the molecule is O=C(CN=C1NS(=O)(=O)c2ccccc21)OCc1cccc(Cl)c1. The quantitative estimate of drug-likeness (QED) is 0.842. The molecule has 1 N–H and O–H groups in total. The second kappa shape index (κ2) is 6.62. The summed E-state index contributed by atoms with van der Waals surface area (Å²) in [4.78, 5) is 16.0. The van der Waals surface area contributed by atoms with Gasteiger partial charge in [0.1, 0.15) is 19.0 Å². The van der Waals surface area contributed by atoms with E-state index in [1.807, 2.05) is 0 Å². The van der Waals surface area contributed by atoms with Gasteiger partial charge in [-0.3, -0.25) is 14.5 Å². The van der Waals surface area contributed by atoms with Crippen LogP contribution >= 0.6 is 11.6 Å². The number of rotatable bonds is 4. The third-order valence-corrected chi connectivity index (χ3v) is 4.95. The maximum atomic E-state index is 11.9. The van der Waals surface area contributed by atoms with Crippen molar-refractivity contribution in [3.63, 3.8) is 0 Å². The van der Waals surface area contributed by atoms with Gasteiger partial charge in [0.2, 0.25) is 0 Å². The number of nitrogens with zero attached hydrogens (tertiary/aromatic N) is 1. The molecule has 0 unspecified atom stereocenters.